The molecule has 32 heavy (non-hydrogen) atoms. The van der Waals surface area contributed by atoms with Crippen LogP contribution in [-0.4, -0.2) is 34.5 Å². The van der Waals surface area contributed by atoms with Gasteiger partial charge < -0.3 is 16.0 Å². The number of anilines is 1. The number of halogens is 3. The fourth-order valence-corrected chi connectivity index (χ4v) is 2.98. The number of aromatic amines is 1. The average Bonchev–Trinajstić information content (AvgIpc) is 3.23. The molecule has 166 valence electrons. The summed E-state index contributed by atoms with van der Waals surface area (Å²) in [5.41, 5.74) is 0.951. The standard InChI is InChI=1S/C21H18ClF2N5O3/c1-2-25-19(30)12-5-3-4-11(6-12)10-26-21(32)17-9-18(29-28-17)27-20(31)13-7-15(23)16(24)8-14(13)22/h3-9H,2,10H2,1H3,(H,25,30)(H,26,32)(H2,27,28,29,31). The third-order valence-electron chi connectivity index (χ3n) is 4.30. The lowest BCUT2D eigenvalue weighted by Crippen LogP contribution is -2.24. The Bertz CT molecular complexity index is 1180. The molecule has 0 radical (unpaired) electrons. The smallest absolute Gasteiger partial charge is 0.269 e. The van der Waals surface area contributed by atoms with Gasteiger partial charge in [0.1, 0.15) is 5.69 Å². The molecular weight excluding hydrogens is 444 g/mol. The molecule has 0 unspecified atom stereocenters. The minimum Gasteiger partial charge on any atom is -0.352 e. The normalized spacial score (nSPS) is 10.5. The van der Waals surface area contributed by atoms with Crippen LogP contribution in [0.3, 0.4) is 0 Å². The first-order valence-corrected chi connectivity index (χ1v) is 9.83. The van der Waals surface area contributed by atoms with E-state index in [0.29, 0.717) is 29.8 Å². The maximum atomic E-state index is 13.4. The van der Waals surface area contributed by atoms with Crippen LogP contribution < -0.4 is 16.0 Å². The molecule has 11 heteroatoms. The first kappa shape index (κ1) is 22.9. The molecule has 4 N–H and O–H groups in total. The van der Waals surface area contributed by atoms with E-state index in [9.17, 15) is 23.2 Å². The van der Waals surface area contributed by atoms with Crippen molar-refractivity contribution in [1.29, 1.82) is 0 Å². The number of amides is 3. The topological polar surface area (TPSA) is 116 Å². The van der Waals surface area contributed by atoms with Crippen molar-refractivity contribution in [3.8, 4) is 0 Å². The van der Waals surface area contributed by atoms with Crippen LogP contribution in [0.4, 0.5) is 14.6 Å². The Labute approximate surface area is 186 Å². The summed E-state index contributed by atoms with van der Waals surface area (Å²) in [6.45, 7) is 2.47. The first-order chi connectivity index (χ1) is 15.3. The number of carbonyl (C=O) groups excluding carboxylic acids is 3. The largest absolute Gasteiger partial charge is 0.352 e. The van der Waals surface area contributed by atoms with Gasteiger partial charge in [-0.3, -0.25) is 19.5 Å². The number of H-pyrrole nitrogens is 1. The van der Waals surface area contributed by atoms with Gasteiger partial charge in [0.2, 0.25) is 0 Å². The predicted molar refractivity (Wildman–Crippen MR) is 114 cm³/mol. The molecule has 0 fully saturated rings. The van der Waals surface area contributed by atoms with Gasteiger partial charge in [0.15, 0.2) is 17.5 Å². The van der Waals surface area contributed by atoms with Crippen LogP contribution in [0.1, 0.15) is 43.7 Å². The second-order valence-corrected chi connectivity index (χ2v) is 7.02. The Balaban J connectivity index is 1.61. The Morgan fingerprint density at radius 3 is 2.50 bits per heavy atom. The van der Waals surface area contributed by atoms with Crippen LogP contribution in [0.15, 0.2) is 42.5 Å². The summed E-state index contributed by atoms with van der Waals surface area (Å²) in [5, 5.41) is 13.7. The second kappa shape index (κ2) is 10.0. The van der Waals surface area contributed by atoms with Gasteiger partial charge >= 0.3 is 0 Å². The van der Waals surface area contributed by atoms with E-state index < -0.39 is 23.4 Å². The number of hydrogen-bond donors (Lipinski definition) is 4. The zero-order chi connectivity index (χ0) is 23.3. The van der Waals surface area contributed by atoms with E-state index in [1.807, 2.05) is 6.92 Å². The molecule has 0 spiro atoms. The molecule has 3 aromatic rings. The molecule has 3 rings (SSSR count). The van der Waals surface area contributed by atoms with E-state index in [1.54, 1.807) is 24.3 Å². The van der Waals surface area contributed by atoms with Gasteiger partial charge in [-0.2, -0.15) is 5.10 Å². The monoisotopic (exact) mass is 461 g/mol. The van der Waals surface area contributed by atoms with Crippen LogP contribution >= 0.6 is 11.6 Å². The summed E-state index contributed by atoms with van der Waals surface area (Å²) in [5.74, 6) is -3.96. The minimum atomic E-state index is -1.22. The van der Waals surface area contributed by atoms with E-state index in [4.69, 9.17) is 11.6 Å². The summed E-state index contributed by atoms with van der Waals surface area (Å²) in [6.07, 6.45) is 0. The first-order valence-electron chi connectivity index (χ1n) is 9.45. The second-order valence-electron chi connectivity index (χ2n) is 6.61. The van der Waals surface area contributed by atoms with Crippen LogP contribution in [0.5, 0.6) is 0 Å². The highest BCUT2D eigenvalue weighted by Crippen LogP contribution is 2.21. The predicted octanol–water partition coefficient (Wildman–Crippen LogP) is 3.27. The van der Waals surface area contributed by atoms with Gasteiger partial charge in [0.05, 0.1) is 10.6 Å². The third-order valence-corrected chi connectivity index (χ3v) is 4.61. The highest BCUT2D eigenvalue weighted by Gasteiger charge is 2.17. The van der Waals surface area contributed by atoms with Crippen molar-refractivity contribution in [2.24, 2.45) is 0 Å². The lowest BCUT2D eigenvalue weighted by Gasteiger charge is -2.07. The van der Waals surface area contributed by atoms with Crippen LogP contribution in [-0.2, 0) is 6.54 Å². The van der Waals surface area contributed by atoms with E-state index in [-0.39, 0.29) is 34.5 Å². The average molecular weight is 462 g/mol. The van der Waals surface area contributed by atoms with Crippen molar-refractivity contribution in [3.05, 3.63) is 81.5 Å². The van der Waals surface area contributed by atoms with E-state index in [1.165, 1.54) is 6.07 Å². The minimum absolute atomic E-state index is 0.0146. The highest BCUT2D eigenvalue weighted by molar-refractivity contribution is 6.34. The molecule has 0 aliphatic carbocycles. The van der Waals surface area contributed by atoms with Crippen molar-refractivity contribution < 1.29 is 23.2 Å². The maximum absolute atomic E-state index is 13.4. The van der Waals surface area contributed by atoms with Crippen molar-refractivity contribution in [2.75, 3.05) is 11.9 Å². The fraction of sp³-hybridized carbons (Fsp3) is 0.143. The van der Waals surface area contributed by atoms with Gasteiger partial charge in [-0.25, -0.2) is 8.78 Å². The van der Waals surface area contributed by atoms with Gasteiger partial charge in [-0.15, -0.1) is 0 Å². The Morgan fingerprint density at radius 2 is 1.75 bits per heavy atom. The Kier molecular flexibility index (Phi) is 7.16. The lowest BCUT2D eigenvalue weighted by molar-refractivity contribution is 0.0943. The molecule has 0 saturated heterocycles. The maximum Gasteiger partial charge on any atom is 0.269 e. The van der Waals surface area contributed by atoms with E-state index in [0.717, 1.165) is 0 Å². The van der Waals surface area contributed by atoms with Crippen LogP contribution in [0.25, 0.3) is 0 Å². The summed E-state index contributed by atoms with van der Waals surface area (Å²) in [7, 11) is 0. The number of rotatable bonds is 7. The molecule has 3 amide bonds. The molecule has 0 bridgehead atoms. The van der Waals surface area contributed by atoms with Crippen LogP contribution in [0.2, 0.25) is 5.02 Å². The molecule has 8 nitrogen and oxygen atoms in total. The number of hydrogen-bond acceptors (Lipinski definition) is 4. The molecule has 1 heterocycles. The SMILES string of the molecule is CCNC(=O)c1cccc(CNC(=O)c2cc(NC(=O)c3cc(F)c(F)cc3Cl)n[nH]2)c1. The Morgan fingerprint density at radius 1 is 1.00 bits per heavy atom. The van der Waals surface area contributed by atoms with Crippen molar-refractivity contribution in [1.82, 2.24) is 20.8 Å². The van der Waals surface area contributed by atoms with Crippen molar-refractivity contribution >= 4 is 35.1 Å². The van der Waals surface area contributed by atoms with Crippen molar-refractivity contribution in [3.63, 3.8) is 0 Å². The quantitative estimate of drug-likeness (QED) is 0.404. The molecule has 0 aliphatic rings. The van der Waals surface area contributed by atoms with Gasteiger partial charge in [-0.1, -0.05) is 23.7 Å². The lowest BCUT2D eigenvalue weighted by atomic mass is 10.1. The van der Waals surface area contributed by atoms with Gasteiger partial charge in [0, 0.05) is 24.7 Å². The summed E-state index contributed by atoms with van der Waals surface area (Å²) in [4.78, 5) is 36.5. The fourth-order valence-electron chi connectivity index (χ4n) is 2.75. The van der Waals surface area contributed by atoms with Gasteiger partial charge in [-0.05, 0) is 36.8 Å². The zero-order valence-corrected chi connectivity index (χ0v) is 17.5. The molecule has 2 aromatic carbocycles. The van der Waals surface area contributed by atoms with Gasteiger partial charge in [0.25, 0.3) is 17.7 Å². The Hall–Kier alpha value is -3.79. The number of nitrogens with zero attached hydrogens (tertiary/aromatic N) is 1. The molecule has 0 atom stereocenters. The van der Waals surface area contributed by atoms with E-state index >= 15 is 0 Å². The van der Waals surface area contributed by atoms with Crippen molar-refractivity contribution in [2.45, 2.75) is 13.5 Å². The molecule has 1 aromatic heterocycles. The zero-order valence-electron chi connectivity index (χ0n) is 16.8. The summed E-state index contributed by atoms with van der Waals surface area (Å²) < 4.78 is 26.6. The molecule has 0 saturated carbocycles. The molecular formula is C21H18ClF2N5O3. The summed E-state index contributed by atoms with van der Waals surface area (Å²) >= 11 is 5.78. The number of nitrogens with one attached hydrogen (secondary N) is 4. The molecule has 0 aliphatic heterocycles. The van der Waals surface area contributed by atoms with Crippen LogP contribution in [0, 0.1) is 11.6 Å². The third kappa shape index (κ3) is 5.46. The summed E-state index contributed by atoms with van der Waals surface area (Å²) in [6, 6.07) is 9.42. The number of benzene rings is 2. The number of aromatic nitrogens is 2. The number of carbonyl (C=O) groups is 3. The van der Waals surface area contributed by atoms with E-state index in [2.05, 4.69) is 26.1 Å². The highest BCUT2D eigenvalue weighted by atomic mass is 35.5.